The summed E-state index contributed by atoms with van der Waals surface area (Å²) in [5.41, 5.74) is 0.327. The summed E-state index contributed by atoms with van der Waals surface area (Å²) in [7, 11) is -3.52. The maximum atomic E-state index is 13.1. The quantitative estimate of drug-likeness (QED) is 0.805. The fourth-order valence-electron chi connectivity index (χ4n) is 2.76. The van der Waals surface area contributed by atoms with Crippen LogP contribution in [0.3, 0.4) is 0 Å². The maximum Gasteiger partial charge on any atom is 0.258 e. The lowest BCUT2D eigenvalue weighted by molar-refractivity contribution is -0.128. The summed E-state index contributed by atoms with van der Waals surface area (Å²) in [4.78, 5) is 18.9. The number of amides is 1. The molecule has 0 saturated carbocycles. The Morgan fingerprint density at radius 3 is 2.80 bits per heavy atom. The number of rotatable bonds is 4. The van der Waals surface area contributed by atoms with Gasteiger partial charge in [-0.1, -0.05) is 0 Å². The fourth-order valence-corrected chi connectivity index (χ4v) is 4.64. The van der Waals surface area contributed by atoms with Crippen LogP contribution in [0, 0.1) is 6.92 Å². The molecule has 8 heteroatoms. The van der Waals surface area contributed by atoms with Crippen molar-refractivity contribution in [2.45, 2.75) is 33.4 Å². The highest BCUT2D eigenvalue weighted by atomic mass is 32.2. The summed E-state index contributed by atoms with van der Waals surface area (Å²) in [6.45, 7) is 6.75. The third kappa shape index (κ3) is 3.85. The lowest BCUT2D eigenvalue weighted by Crippen LogP contribution is -2.45. The molecule has 0 N–H and O–H groups in total. The van der Waals surface area contributed by atoms with Crippen molar-refractivity contribution in [1.82, 2.24) is 9.80 Å². The summed E-state index contributed by atoms with van der Waals surface area (Å²) < 4.78 is 27.6. The molecule has 0 atom stereocenters. The van der Waals surface area contributed by atoms with Gasteiger partial charge in [-0.05, 0) is 45.1 Å². The van der Waals surface area contributed by atoms with Crippen LogP contribution < -0.4 is 0 Å². The molecule has 0 spiro atoms. The minimum Gasteiger partial charge on any atom is -0.331 e. The van der Waals surface area contributed by atoms with Crippen LogP contribution in [0.2, 0.25) is 0 Å². The lowest BCUT2D eigenvalue weighted by atomic mass is 10.1. The normalized spacial score (nSPS) is 18.6. The van der Waals surface area contributed by atoms with Crippen molar-refractivity contribution in [3.05, 3.63) is 45.8 Å². The fraction of sp³-hybridized carbons (Fsp3) is 0.412. The Balaban J connectivity index is 1.92. The maximum absolute atomic E-state index is 13.1. The van der Waals surface area contributed by atoms with Crippen LogP contribution in [-0.4, -0.2) is 48.3 Å². The minimum absolute atomic E-state index is 0.0176. The van der Waals surface area contributed by atoms with Crippen molar-refractivity contribution in [3.8, 4) is 0 Å². The van der Waals surface area contributed by atoms with Gasteiger partial charge in [0.25, 0.3) is 15.9 Å². The monoisotopic (exact) mass is 379 g/mol. The molecule has 0 unspecified atom stereocenters. The first-order chi connectivity index (χ1) is 11.8. The van der Waals surface area contributed by atoms with E-state index in [-0.39, 0.29) is 23.5 Å². The van der Waals surface area contributed by atoms with Crippen molar-refractivity contribution < 1.29 is 13.2 Å². The van der Waals surface area contributed by atoms with Crippen molar-refractivity contribution in [2.75, 3.05) is 12.3 Å². The van der Waals surface area contributed by atoms with Crippen LogP contribution in [0.5, 0.6) is 0 Å². The first kappa shape index (κ1) is 17.9. The summed E-state index contributed by atoms with van der Waals surface area (Å²) >= 11 is 1.66. The second kappa shape index (κ2) is 6.76. The van der Waals surface area contributed by atoms with Crippen molar-refractivity contribution >= 4 is 33.1 Å². The lowest BCUT2D eigenvalue weighted by Gasteiger charge is -2.32. The SMILES string of the molecule is Cc1ccc(CN(C(=O)C2=CC=CN3CCS(=O)(=O)N=C23)C(C)C)s1. The van der Waals surface area contributed by atoms with Crippen LogP contribution in [-0.2, 0) is 21.4 Å². The van der Waals surface area contributed by atoms with E-state index < -0.39 is 10.0 Å². The summed E-state index contributed by atoms with van der Waals surface area (Å²) in [5, 5.41) is 0. The van der Waals surface area contributed by atoms with E-state index in [1.807, 2.05) is 32.9 Å². The highest BCUT2D eigenvalue weighted by molar-refractivity contribution is 7.90. The molecule has 134 valence electrons. The van der Waals surface area contributed by atoms with Gasteiger partial charge < -0.3 is 9.80 Å². The topological polar surface area (TPSA) is 70.1 Å². The first-order valence-electron chi connectivity index (χ1n) is 8.11. The molecule has 2 aliphatic rings. The molecule has 3 heterocycles. The zero-order chi connectivity index (χ0) is 18.2. The molecule has 1 aromatic rings. The number of thiophene rings is 1. The molecular formula is C17H21N3O3S2. The number of allylic oxidation sites excluding steroid dienone is 2. The predicted molar refractivity (Wildman–Crippen MR) is 99.9 cm³/mol. The van der Waals surface area contributed by atoms with Gasteiger partial charge in [0, 0.05) is 28.5 Å². The zero-order valence-electron chi connectivity index (χ0n) is 14.5. The van der Waals surface area contributed by atoms with Gasteiger partial charge >= 0.3 is 0 Å². The second-order valence-electron chi connectivity index (χ2n) is 6.36. The van der Waals surface area contributed by atoms with Crippen molar-refractivity contribution in [1.29, 1.82) is 0 Å². The standard InChI is InChI=1S/C17H21N3O3S2/c1-12(2)20(11-14-7-6-13(3)24-14)17(21)15-5-4-8-19-9-10-25(22,23)18-16(15)19/h4-8,12H,9-11H2,1-3H3. The minimum atomic E-state index is -3.52. The van der Waals surface area contributed by atoms with Gasteiger partial charge in [0.2, 0.25) is 0 Å². The molecule has 0 bridgehead atoms. The number of fused-ring (bicyclic) bond motifs is 1. The van der Waals surface area contributed by atoms with E-state index in [0.29, 0.717) is 18.7 Å². The van der Waals surface area contributed by atoms with Crippen LogP contribution in [0.15, 0.2) is 40.5 Å². The number of sulfonamides is 1. The number of amidine groups is 1. The third-order valence-electron chi connectivity index (χ3n) is 4.09. The Morgan fingerprint density at radius 2 is 2.16 bits per heavy atom. The van der Waals surface area contributed by atoms with Crippen LogP contribution >= 0.6 is 11.3 Å². The largest absolute Gasteiger partial charge is 0.331 e. The van der Waals surface area contributed by atoms with Crippen LogP contribution in [0.25, 0.3) is 0 Å². The van der Waals surface area contributed by atoms with E-state index in [4.69, 9.17) is 0 Å². The number of hydrogen-bond acceptors (Lipinski definition) is 5. The van der Waals surface area contributed by atoms with E-state index in [1.165, 1.54) is 4.88 Å². The van der Waals surface area contributed by atoms with Gasteiger partial charge in [-0.2, -0.15) is 0 Å². The molecule has 6 nitrogen and oxygen atoms in total. The highest BCUT2D eigenvalue weighted by Gasteiger charge is 2.32. The highest BCUT2D eigenvalue weighted by Crippen LogP contribution is 2.23. The Kier molecular flexibility index (Phi) is 4.83. The predicted octanol–water partition coefficient (Wildman–Crippen LogP) is 2.29. The van der Waals surface area contributed by atoms with E-state index in [9.17, 15) is 13.2 Å². The average molecular weight is 380 g/mol. The number of hydrogen-bond donors (Lipinski definition) is 0. The summed E-state index contributed by atoms with van der Waals surface area (Å²) in [6.07, 6.45) is 5.16. The molecule has 0 radical (unpaired) electrons. The molecule has 3 rings (SSSR count). The third-order valence-corrected chi connectivity index (χ3v) is 6.23. The molecule has 0 aromatic carbocycles. The number of carbonyl (C=O) groups excluding carboxylic acids is 1. The average Bonchev–Trinajstić information content (AvgIpc) is 2.95. The molecule has 0 aliphatic carbocycles. The van der Waals surface area contributed by atoms with E-state index in [2.05, 4.69) is 4.40 Å². The molecular weight excluding hydrogens is 358 g/mol. The van der Waals surface area contributed by atoms with E-state index in [1.54, 1.807) is 39.5 Å². The van der Waals surface area contributed by atoms with Gasteiger partial charge in [-0.15, -0.1) is 15.7 Å². The van der Waals surface area contributed by atoms with Gasteiger partial charge in [-0.25, -0.2) is 8.42 Å². The van der Waals surface area contributed by atoms with E-state index >= 15 is 0 Å². The summed E-state index contributed by atoms with van der Waals surface area (Å²) in [6, 6.07) is 4.04. The Hall–Kier alpha value is -1.93. The summed E-state index contributed by atoms with van der Waals surface area (Å²) in [5.74, 6) is -0.0111. The smallest absolute Gasteiger partial charge is 0.258 e. The zero-order valence-corrected chi connectivity index (χ0v) is 16.1. The molecule has 0 fully saturated rings. The van der Waals surface area contributed by atoms with Crippen molar-refractivity contribution in [3.63, 3.8) is 0 Å². The Labute approximate surface area is 152 Å². The van der Waals surface area contributed by atoms with Crippen molar-refractivity contribution in [2.24, 2.45) is 4.40 Å². The Morgan fingerprint density at radius 1 is 1.40 bits per heavy atom. The number of nitrogens with zero attached hydrogens (tertiary/aromatic N) is 3. The second-order valence-corrected chi connectivity index (χ2v) is 9.48. The number of carbonyl (C=O) groups is 1. The van der Waals surface area contributed by atoms with Gasteiger partial charge in [-0.3, -0.25) is 4.79 Å². The van der Waals surface area contributed by atoms with Gasteiger partial charge in [0.05, 0.1) is 17.9 Å². The Bertz CT molecular complexity index is 879. The molecule has 25 heavy (non-hydrogen) atoms. The first-order valence-corrected chi connectivity index (χ1v) is 10.5. The van der Waals surface area contributed by atoms with E-state index in [0.717, 1.165) is 4.88 Å². The molecule has 1 aromatic heterocycles. The molecule has 1 amide bonds. The number of aryl methyl sites for hydroxylation is 1. The molecule has 0 saturated heterocycles. The molecule has 2 aliphatic heterocycles. The van der Waals surface area contributed by atoms with Gasteiger partial charge in [0.1, 0.15) is 0 Å². The van der Waals surface area contributed by atoms with Gasteiger partial charge in [0.15, 0.2) is 5.84 Å². The van der Waals surface area contributed by atoms with Crippen LogP contribution in [0.1, 0.15) is 23.6 Å². The van der Waals surface area contributed by atoms with Crippen LogP contribution in [0.4, 0.5) is 0 Å².